The number of benzene rings is 2. The molecule has 0 spiro atoms. The number of carbonyl (C=O) groups is 2. The molecule has 7 heteroatoms. The Hall–Kier alpha value is -2.80. The summed E-state index contributed by atoms with van der Waals surface area (Å²) in [6, 6.07) is 11.5. The molecule has 2 aromatic rings. The van der Waals surface area contributed by atoms with Crippen molar-refractivity contribution in [1.29, 1.82) is 0 Å². The highest BCUT2D eigenvalue weighted by atomic mass is 19.2. The number of amides is 2. The first-order valence-corrected chi connectivity index (χ1v) is 9.83. The Kier molecular flexibility index (Phi) is 5.58. The Morgan fingerprint density at radius 3 is 2.38 bits per heavy atom. The van der Waals surface area contributed by atoms with Crippen molar-refractivity contribution in [3.8, 4) is 0 Å². The molecular weight excluding hydrogens is 376 g/mol. The molecule has 2 aromatic carbocycles. The number of hydrogen-bond acceptors (Lipinski definition) is 3. The van der Waals surface area contributed by atoms with Crippen molar-refractivity contribution in [1.82, 2.24) is 9.80 Å². The SMILES string of the molecule is O=C(Cc1ccc(F)c(F)c1)N1CCN(CC(=O)N2CCc3ccccc32)CC1. The molecule has 5 nitrogen and oxygen atoms in total. The van der Waals surface area contributed by atoms with Gasteiger partial charge in [-0.05, 0) is 35.7 Å². The second-order valence-corrected chi connectivity index (χ2v) is 7.51. The van der Waals surface area contributed by atoms with Gasteiger partial charge in [-0.25, -0.2) is 8.78 Å². The van der Waals surface area contributed by atoms with Crippen LogP contribution in [-0.2, 0) is 22.4 Å². The molecule has 0 aliphatic carbocycles. The molecule has 0 unspecified atom stereocenters. The van der Waals surface area contributed by atoms with Gasteiger partial charge in [-0.3, -0.25) is 14.5 Å². The molecule has 4 rings (SSSR count). The van der Waals surface area contributed by atoms with Gasteiger partial charge in [0.05, 0.1) is 13.0 Å². The molecule has 0 bridgehead atoms. The molecule has 1 fully saturated rings. The highest BCUT2D eigenvalue weighted by Gasteiger charge is 2.28. The van der Waals surface area contributed by atoms with Crippen LogP contribution >= 0.6 is 0 Å². The molecule has 2 heterocycles. The van der Waals surface area contributed by atoms with E-state index in [1.54, 1.807) is 4.90 Å². The minimum absolute atomic E-state index is 0.0424. The van der Waals surface area contributed by atoms with Crippen molar-refractivity contribution >= 4 is 17.5 Å². The standard InChI is InChI=1S/C22H23F2N3O2/c23-18-6-5-16(13-19(18)24)14-21(28)26-11-9-25(10-12-26)15-22(29)27-8-7-17-3-1-2-4-20(17)27/h1-6,13H,7-12,14-15H2. The summed E-state index contributed by atoms with van der Waals surface area (Å²) in [6.07, 6.45) is 0.925. The first-order chi connectivity index (χ1) is 14.0. The number of piperazine rings is 1. The molecule has 152 valence electrons. The summed E-state index contributed by atoms with van der Waals surface area (Å²) >= 11 is 0. The summed E-state index contributed by atoms with van der Waals surface area (Å²) < 4.78 is 26.3. The first kappa shape index (κ1) is 19.5. The van der Waals surface area contributed by atoms with E-state index in [0.29, 0.717) is 44.8 Å². The zero-order valence-corrected chi connectivity index (χ0v) is 16.1. The number of anilines is 1. The predicted molar refractivity (Wildman–Crippen MR) is 106 cm³/mol. The average molecular weight is 399 g/mol. The fourth-order valence-electron chi connectivity index (χ4n) is 3.97. The van der Waals surface area contributed by atoms with E-state index in [-0.39, 0.29) is 18.2 Å². The molecule has 0 N–H and O–H groups in total. The highest BCUT2D eigenvalue weighted by molar-refractivity contribution is 5.96. The predicted octanol–water partition coefficient (Wildman–Crippen LogP) is 2.24. The van der Waals surface area contributed by atoms with Crippen molar-refractivity contribution < 1.29 is 18.4 Å². The van der Waals surface area contributed by atoms with Crippen molar-refractivity contribution in [3.63, 3.8) is 0 Å². The fourth-order valence-corrected chi connectivity index (χ4v) is 3.97. The van der Waals surface area contributed by atoms with Gasteiger partial charge in [0.15, 0.2) is 11.6 Å². The van der Waals surface area contributed by atoms with E-state index in [1.165, 1.54) is 11.6 Å². The molecule has 0 saturated carbocycles. The summed E-state index contributed by atoms with van der Waals surface area (Å²) in [6.45, 7) is 3.32. The van der Waals surface area contributed by atoms with Gasteiger partial charge >= 0.3 is 0 Å². The number of fused-ring (bicyclic) bond motifs is 1. The van der Waals surface area contributed by atoms with E-state index in [9.17, 15) is 18.4 Å². The van der Waals surface area contributed by atoms with Crippen LogP contribution in [0.2, 0.25) is 0 Å². The molecule has 2 aliphatic heterocycles. The fraction of sp³-hybridized carbons (Fsp3) is 0.364. The Bertz CT molecular complexity index is 926. The Labute approximate surface area is 168 Å². The van der Waals surface area contributed by atoms with Crippen LogP contribution in [0.25, 0.3) is 0 Å². The normalized spacial score (nSPS) is 16.8. The number of carbonyl (C=O) groups excluding carboxylic acids is 2. The second kappa shape index (κ2) is 8.29. The molecule has 29 heavy (non-hydrogen) atoms. The largest absolute Gasteiger partial charge is 0.340 e. The highest BCUT2D eigenvalue weighted by Crippen LogP contribution is 2.27. The van der Waals surface area contributed by atoms with Gasteiger partial charge in [0.2, 0.25) is 11.8 Å². The van der Waals surface area contributed by atoms with E-state index < -0.39 is 11.6 Å². The number of hydrogen-bond donors (Lipinski definition) is 0. The van der Waals surface area contributed by atoms with Gasteiger partial charge in [0.1, 0.15) is 0 Å². The van der Waals surface area contributed by atoms with Gasteiger partial charge in [-0.1, -0.05) is 24.3 Å². The number of rotatable bonds is 4. The van der Waals surface area contributed by atoms with Crippen LogP contribution in [0.3, 0.4) is 0 Å². The van der Waals surface area contributed by atoms with Crippen molar-refractivity contribution in [2.24, 2.45) is 0 Å². The summed E-state index contributed by atoms with van der Waals surface area (Å²) in [5, 5.41) is 0. The van der Waals surface area contributed by atoms with Crippen LogP contribution in [0.4, 0.5) is 14.5 Å². The Balaban J connectivity index is 1.27. The second-order valence-electron chi connectivity index (χ2n) is 7.51. The maximum atomic E-state index is 13.3. The minimum Gasteiger partial charge on any atom is -0.340 e. The smallest absolute Gasteiger partial charge is 0.241 e. The van der Waals surface area contributed by atoms with Gasteiger partial charge in [0, 0.05) is 38.4 Å². The summed E-state index contributed by atoms with van der Waals surface area (Å²) in [5.74, 6) is -1.89. The van der Waals surface area contributed by atoms with Crippen LogP contribution < -0.4 is 4.90 Å². The monoisotopic (exact) mass is 399 g/mol. The number of para-hydroxylation sites is 1. The first-order valence-electron chi connectivity index (χ1n) is 9.83. The van der Waals surface area contributed by atoms with Crippen molar-refractivity contribution in [2.75, 3.05) is 44.2 Å². The summed E-state index contributed by atoms with van der Waals surface area (Å²) in [4.78, 5) is 30.8. The van der Waals surface area contributed by atoms with Gasteiger partial charge < -0.3 is 9.80 Å². The quantitative estimate of drug-likeness (QED) is 0.792. The lowest BCUT2D eigenvalue weighted by Crippen LogP contribution is -2.51. The maximum absolute atomic E-state index is 13.3. The number of halogens is 2. The van der Waals surface area contributed by atoms with Crippen LogP contribution in [0.15, 0.2) is 42.5 Å². The Morgan fingerprint density at radius 2 is 1.62 bits per heavy atom. The lowest BCUT2D eigenvalue weighted by molar-refractivity contribution is -0.132. The van der Waals surface area contributed by atoms with Crippen molar-refractivity contribution in [3.05, 3.63) is 65.2 Å². The lowest BCUT2D eigenvalue weighted by Gasteiger charge is -2.35. The van der Waals surface area contributed by atoms with Crippen LogP contribution in [0, 0.1) is 11.6 Å². The number of nitrogens with zero attached hydrogens (tertiary/aromatic N) is 3. The summed E-state index contributed by atoms with van der Waals surface area (Å²) in [5.41, 5.74) is 2.66. The zero-order chi connectivity index (χ0) is 20.4. The topological polar surface area (TPSA) is 43.9 Å². The van der Waals surface area contributed by atoms with E-state index in [0.717, 1.165) is 24.2 Å². The third-order valence-electron chi connectivity index (χ3n) is 5.61. The van der Waals surface area contributed by atoms with E-state index >= 15 is 0 Å². The van der Waals surface area contributed by atoms with Crippen LogP contribution in [0.5, 0.6) is 0 Å². The van der Waals surface area contributed by atoms with Crippen LogP contribution in [-0.4, -0.2) is 60.9 Å². The van der Waals surface area contributed by atoms with E-state index in [4.69, 9.17) is 0 Å². The third-order valence-corrected chi connectivity index (χ3v) is 5.61. The maximum Gasteiger partial charge on any atom is 0.241 e. The van der Waals surface area contributed by atoms with Crippen molar-refractivity contribution in [2.45, 2.75) is 12.8 Å². The third kappa shape index (κ3) is 4.29. The van der Waals surface area contributed by atoms with E-state index in [2.05, 4.69) is 11.0 Å². The molecule has 0 radical (unpaired) electrons. The molecule has 2 aliphatic rings. The van der Waals surface area contributed by atoms with Crippen LogP contribution in [0.1, 0.15) is 11.1 Å². The van der Waals surface area contributed by atoms with Gasteiger partial charge in [-0.15, -0.1) is 0 Å². The molecule has 0 atom stereocenters. The molecular formula is C22H23F2N3O2. The Morgan fingerprint density at radius 1 is 0.862 bits per heavy atom. The molecule has 1 saturated heterocycles. The zero-order valence-electron chi connectivity index (χ0n) is 16.1. The minimum atomic E-state index is -0.942. The molecule has 2 amide bonds. The molecule has 0 aromatic heterocycles. The van der Waals surface area contributed by atoms with E-state index in [1.807, 2.05) is 23.1 Å². The van der Waals surface area contributed by atoms with Gasteiger partial charge in [-0.2, -0.15) is 0 Å². The lowest BCUT2D eigenvalue weighted by atomic mass is 10.1. The average Bonchev–Trinajstić information content (AvgIpc) is 3.15. The van der Waals surface area contributed by atoms with Gasteiger partial charge in [0.25, 0.3) is 0 Å². The summed E-state index contributed by atoms with van der Waals surface area (Å²) in [7, 11) is 0.